The maximum absolute atomic E-state index is 13.1. The van der Waals surface area contributed by atoms with E-state index in [-0.39, 0.29) is 5.82 Å². The van der Waals surface area contributed by atoms with E-state index in [4.69, 9.17) is 10.3 Å². The predicted molar refractivity (Wildman–Crippen MR) is 149 cm³/mol. The van der Waals surface area contributed by atoms with Crippen LogP contribution < -0.4 is 16.4 Å². The van der Waals surface area contributed by atoms with Crippen molar-refractivity contribution in [3.8, 4) is 0 Å². The van der Waals surface area contributed by atoms with Gasteiger partial charge >= 0.3 is 0 Å². The number of benzene rings is 1. The van der Waals surface area contributed by atoms with Crippen molar-refractivity contribution in [2.75, 3.05) is 24.2 Å². The van der Waals surface area contributed by atoms with E-state index in [2.05, 4.69) is 41.2 Å². The number of nitrogens with zero attached hydrogens (tertiary/aromatic N) is 2. The van der Waals surface area contributed by atoms with Crippen molar-refractivity contribution in [3.63, 3.8) is 0 Å². The quantitative estimate of drug-likeness (QED) is 0.382. The van der Waals surface area contributed by atoms with E-state index in [0.29, 0.717) is 23.3 Å². The van der Waals surface area contributed by atoms with Gasteiger partial charge in [-0.05, 0) is 76.9 Å². The van der Waals surface area contributed by atoms with Gasteiger partial charge in [-0.15, -0.1) is 11.8 Å². The first-order valence-electron chi connectivity index (χ1n) is 12.2. The molecule has 0 unspecified atom stereocenters. The molecule has 0 amide bonds. The van der Waals surface area contributed by atoms with Crippen molar-refractivity contribution >= 4 is 23.0 Å². The van der Waals surface area contributed by atoms with Gasteiger partial charge in [-0.25, -0.2) is 4.39 Å². The van der Waals surface area contributed by atoms with Gasteiger partial charge in [0.25, 0.3) is 0 Å². The van der Waals surface area contributed by atoms with E-state index in [1.54, 1.807) is 30.0 Å². The number of piperidine rings is 1. The van der Waals surface area contributed by atoms with Crippen molar-refractivity contribution in [2.24, 2.45) is 5.73 Å². The Morgan fingerprint density at radius 3 is 2.75 bits per heavy atom. The van der Waals surface area contributed by atoms with Crippen LogP contribution in [0.25, 0.3) is 5.57 Å². The number of allylic oxidation sites excluding steroid dienone is 7. The number of nitrogens with one attached hydrogen (secondary N) is 2. The molecule has 0 bridgehead atoms. The maximum atomic E-state index is 13.1. The van der Waals surface area contributed by atoms with Gasteiger partial charge in [0, 0.05) is 22.9 Å². The van der Waals surface area contributed by atoms with E-state index in [1.807, 2.05) is 25.2 Å². The minimum Gasteiger partial charge on any atom is -0.384 e. The van der Waals surface area contributed by atoms with Crippen LogP contribution in [0.4, 0.5) is 10.1 Å². The average Bonchev–Trinajstić information content (AvgIpc) is 3.56. The molecular weight excluding hydrogens is 473 g/mol. The minimum atomic E-state index is -0.265. The number of aromatic nitrogens is 2. The van der Waals surface area contributed by atoms with Gasteiger partial charge in [-0.3, -0.25) is 0 Å². The lowest BCUT2D eigenvalue weighted by atomic mass is 9.98. The SMILES string of the molecule is C=C/C=C(\C=C/C)c1noc(C2CCNCC2)n1.CC(C)=C1CCS/C1=C(/N)Nc1cccc(F)c1. The number of hydrogen-bond donors (Lipinski definition) is 3. The first-order valence-corrected chi connectivity index (χ1v) is 13.2. The summed E-state index contributed by atoms with van der Waals surface area (Å²) in [6.07, 6.45) is 10.7. The molecule has 0 spiro atoms. The van der Waals surface area contributed by atoms with Gasteiger partial charge < -0.3 is 20.9 Å². The van der Waals surface area contributed by atoms with Crippen molar-refractivity contribution < 1.29 is 8.91 Å². The Balaban J connectivity index is 0.000000201. The molecule has 2 saturated heterocycles. The van der Waals surface area contributed by atoms with Gasteiger partial charge in [0.15, 0.2) is 0 Å². The van der Waals surface area contributed by atoms with E-state index >= 15 is 0 Å². The fraction of sp³-hybridized carbons (Fsp3) is 0.357. The summed E-state index contributed by atoms with van der Waals surface area (Å²) >= 11 is 1.75. The number of rotatable bonds is 6. The summed E-state index contributed by atoms with van der Waals surface area (Å²) < 4.78 is 18.5. The summed E-state index contributed by atoms with van der Waals surface area (Å²) in [4.78, 5) is 5.60. The zero-order valence-electron chi connectivity index (χ0n) is 21.3. The lowest BCUT2D eigenvalue weighted by Gasteiger charge is -2.18. The normalized spacial score (nSPS) is 18.1. The first kappa shape index (κ1) is 27.5. The Bertz CT molecular complexity index is 1150. The summed E-state index contributed by atoms with van der Waals surface area (Å²) in [6.45, 7) is 11.9. The second-order valence-electron chi connectivity index (χ2n) is 8.79. The third kappa shape index (κ3) is 7.70. The third-order valence-corrected chi connectivity index (χ3v) is 7.02. The van der Waals surface area contributed by atoms with Crippen LogP contribution in [-0.2, 0) is 0 Å². The molecule has 0 saturated carbocycles. The summed E-state index contributed by atoms with van der Waals surface area (Å²) in [7, 11) is 0. The van der Waals surface area contributed by atoms with Crippen LogP contribution in [-0.4, -0.2) is 29.0 Å². The standard InChI is InChI=1S/C14H17FN2S.C14H19N3O/c1-9(2)12-6-7-18-13(12)14(16)17-11-5-3-4-10(15)8-11;1-3-5-11(6-4-2)13-16-14(18-17-13)12-7-9-15-10-8-12/h3-5,8,17H,6-7,16H2,1-2H3;3-6,12,15H,1,7-10H2,2H3/b14-13-;6-4-,11-5+. The van der Waals surface area contributed by atoms with Gasteiger partial charge in [0.1, 0.15) is 11.6 Å². The molecule has 2 fully saturated rings. The molecule has 6 nitrogen and oxygen atoms in total. The summed E-state index contributed by atoms with van der Waals surface area (Å²) in [5, 5.41) is 10.5. The van der Waals surface area contributed by atoms with Crippen LogP contribution in [0.2, 0.25) is 0 Å². The topological polar surface area (TPSA) is 89.0 Å². The summed E-state index contributed by atoms with van der Waals surface area (Å²) in [6, 6.07) is 6.33. The van der Waals surface area contributed by atoms with Crippen molar-refractivity contribution in [3.05, 3.63) is 94.6 Å². The van der Waals surface area contributed by atoms with Gasteiger partial charge in [0.2, 0.25) is 11.7 Å². The Kier molecular flexibility index (Phi) is 10.6. The van der Waals surface area contributed by atoms with Crippen LogP contribution in [0, 0.1) is 5.82 Å². The van der Waals surface area contributed by atoms with E-state index in [9.17, 15) is 4.39 Å². The highest BCUT2D eigenvalue weighted by Crippen LogP contribution is 2.38. The van der Waals surface area contributed by atoms with Gasteiger partial charge in [-0.2, -0.15) is 4.98 Å². The first-order chi connectivity index (χ1) is 17.4. The smallest absolute Gasteiger partial charge is 0.230 e. The number of anilines is 1. The van der Waals surface area contributed by atoms with Crippen LogP contribution in [0.1, 0.15) is 57.7 Å². The van der Waals surface area contributed by atoms with Crippen molar-refractivity contribution in [2.45, 2.75) is 46.0 Å². The van der Waals surface area contributed by atoms with Crippen molar-refractivity contribution in [1.29, 1.82) is 0 Å². The molecule has 192 valence electrons. The molecule has 8 heteroatoms. The molecule has 3 heterocycles. The second-order valence-corrected chi connectivity index (χ2v) is 9.90. The monoisotopic (exact) mass is 509 g/mol. The van der Waals surface area contributed by atoms with E-state index < -0.39 is 0 Å². The molecule has 2 aliphatic rings. The fourth-order valence-electron chi connectivity index (χ4n) is 4.05. The van der Waals surface area contributed by atoms with Gasteiger partial charge in [0.05, 0.1) is 4.91 Å². The Labute approximate surface area is 217 Å². The molecule has 4 N–H and O–H groups in total. The molecule has 0 aliphatic carbocycles. The lowest BCUT2D eigenvalue weighted by molar-refractivity contribution is 0.319. The second kappa shape index (κ2) is 13.8. The number of hydrogen-bond acceptors (Lipinski definition) is 7. The Morgan fingerprint density at radius 1 is 1.31 bits per heavy atom. The minimum absolute atomic E-state index is 0.265. The van der Waals surface area contributed by atoms with Crippen LogP contribution in [0.15, 0.2) is 81.5 Å². The molecule has 0 atom stereocenters. The molecule has 1 aromatic heterocycles. The molecule has 1 aromatic carbocycles. The average molecular weight is 510 g/mol. The zero-order chi connectivity index (χ0) is 25.9. The lowest BCUT2D eigenvalue weighted by Crippen LogP contribution is -2.26. The zero-order valence-corrected chi connectivity index (χ0v) is 22.1. The molecule has 36 heavy (non-hydrogen) atoms. The number of nitrogens with two attached hydrogens (primary N) is 1. The highest BCUT2D eigenvalue weighted by atomic mass is 32.2. The predicted octanol–water partition coefficient (Wildman–Crippen LogP) is 6.52. The number of thioether (sulfide) groups is 1. The van der Waals surface area contributed by atoms with Crippen LogP contribution in [0.3, 0.4) is 0 Å². The molecular formula is C28H36FN5OS. The molecule has 2 aromatic rings. The Hall–Kier alpha value is -3.10. The largest absolute Gasteiger partial charge is 0.384 e. The third-order valence-electron chi connectivity index (χ3n) is 5.86. The molecule has 0 radical (unpaired) electrons. The molecule has 4 rings (SSSR count). The van der Waals surface area contributed by atoms with Crippen LogP contribution in [0.5, 0.6) is 0 Å². The summed E-state index contributed by atoms with van der Waals surface area (Å²) in [5.41, 5.74) is 10.3. The fourth-order valence-corrected chi connectivity index (χ4v) is 5.25. The highest BCUT2D eigenvalue weighted by Gasteiger charge is 2.22. The maximum Gasteiger partial charge on any atom is 0.230 e. The highest BCUT2D eigenvalue weighted by molar-refractivity contribution is 8.03. The van der Waals surface area contributed by atoms with E-state index in [0.717, 1.165) is 54.5 Å². The van der Waals surface area contributed by atoms with E-state index in [1.165, 1.54) is 23.3 Å². The van der Waals surface area contributed by atoms with Gasteiger partial charge in [-0.1, -0.05) is 47.7 Å². The number of halogens is 1. The van der Waals surface area contributed by atoms with Crippen LogP contribution >= 0.6 is 11.8 Å². The molecule has 2 aliphatic heterocycles. The van der Waals surface area contributed by atoms with Crippen molar-refractivity contribution in [1.82, 2.24) is 15.5 Å². The Morgan fingerprint density at radius 2 is 2.08 bits per heavy atom. The summed E-state index contributed by atoms with van der Waals surface area (Å²) in [5.74, 6) is 3.19.